The second-order valence-corrected chi connectivity index (χ2v) is 9.63. The van der Waals surface area contributed by atoms with Gasteiger partial charge in [0.05, 0.1) is 11.0 Å². The molecule has 6 rings (SSSR count). The first-order valence-corrected chi connectivity index (χ1v) is 13.3. The molecule has 2 nitrogen and oxygen atoms in total. The van der Waals surface area contributed by atoms with Gasteiger partial charge >= 0.3 is 0 Å². The summed E-state index contributed by atoms with van der Waals surface area (Å²) in [5.74, 6) is 0. The van der Waals surface area contributed by atoms with Crippen molar-refractivity contribution in [2.45, 2.75) is 20.3 Å². The van der Waals surface area contributed by atoms with E-state index in [1.165, 1.54) is 55.4 Å². The number of hydrogen-bond acceptors (Lipinski definition) is 1. The van der Waals surface area contributed by atoms with E-state index in [-0.39, 0.29) is 0 Å². The van der Waals surface area contributed by atoms with Crippen LogP contribution in [0.3, 0.4) is 0 Å². The zero-order chi connectivity index (χ0) is 25.2. The lowest BCUT2D eigenvalue weighted by atomic mass is 10.0. The first kappa shape index (κ1) is 23.1. The van der Waals surface area contributed by atoms with E-state index in [2.05, 4.69) is 145 Å². The third-order valence-electron chi connectivity index (χ3n) is 7.33. The summed E-state index contributed by atoms with van der Waals surface area (Å²) in [6.07, 6.45) is 1.15. The highest BCUT2D eigenvalue weighted by atomic mass is 15.1. The van der Waals surface area contributed by atoms with Crippen molar-refractivity contribution in [3.8, 4) is 27.9 Å². The van der Waals surface area contributed by atoms with Gasteiger partial charge in [-0.3, -0.25) is 0 Å². The number of fused-ring (bicyclic) bond motifs is 3. The molecular weight excluding hydrogens is 448 g/mol. The Morgan fingerprint density at radius 1 is 0.541 bits per heavy atom. The third kappa shape index (κ3) is 4.29. The van der Waals surface area contributed by atoms with Crippen LogP contribution in [-0.2, 0) is 0 Å². The molecule has 6 aromatic rings. The van der Waals surface area contributed by atoms with E-state index in [1.54, 1.807) is 0 Å². The van der Waals surface area contributed by atoms with Gasteiger partial charge in [0, 0.05) is 35.2 Å². The molecule has 0 saturated heterocycles. The summed E-state index contributed by atoms with van der Waals surface area (Å²) < 4.78 is 2.41. The van der Waals surface area contributed by atoms with E-state index in [9.17, 15) is 0 Å². The first-order valence-electron chi connectivity index (χ1n) is 13.3. The van der Waals surface area contributed by atoms with Crippen molar-refractivity contribution in [3.05, 3.63) is 121 Å². The number of benzene rings is 5. The molecule has 0 radical (unpaired) electrons. The van der Waals surface area contributed by atoms with Crippen LogP contribution >= 0.6 is 0 Å². The van der Waals surface area contributed by atoms with Gasteiger partial charge in [0.2, 0.25) is 0 Å². The Labute approximate surface area is 219 Å². The summed E-state index contributed by atoms with van der Waals surface area (Å²) in [7, 11) is 0. The lowest BCUT2D eigenvalue weighted by Crippen LogP contribution is -2.23. The van der Waals surface area contributed by atoms with Crippen LogP contribution in [0, 0.1) is 0 Å². The molecule has 0 aliphatic rings. The SMILES string of the molecule is CCCN(CC)c1ccc(-n2c3ccc(-c4ccccc4)cc3c3cc(-c4ccccc4)ccc32)cc1. The average molecular weight is 481 g/mol. The summed E-state index contributed by atoms with van der Waals surface area (Å²) in [5, 5.41) is 2.55. The molecule has 0 amide bonds. The first-order chi connectivity index (χ1) is 18.3. The molecule has 1 heterocycles. The molecule has 0 bridgehead atoms. The summed E-state index contributed by atoms with van der Waals surface area (Å²) in [6.45, 7) is 6.57. The van der Waals surface area contributed by atoms with E-state index in [1.807, 2.05) is 0 Å². The van der Waals surface area contributed by atoms with E-state index in [0.717, 1.165) is 19.5 Å². The van der Waals surface area contributed by atoms with Crippen molar-refractivity contribution in [1.82, 2.24) is 4.57 Å². The zero-order valence-electron chi connectivity index (χ0n) is 21.6. The Morgan fingerprint density at radius 2 is 1.05 bits per heavy atom. The Morgan fingerprint density at radius 3 is 1.51 bits per heavy atom. The lowest BCUT2D eigenvalue weighted by Gasteiger charge is -2.22. The standard InChI is InChI=1S/C35H32N2/c1-3-23-36(4-2)30-17-19-31(20-18-30)37-34-21-15-28(26-11-7-5-8-12-26)24-32(34)33-25-29(16-22-35(33)37)27-13-9-6-10-14-27/h5-22,24-25H,3-4,23H2,1-2H3. The van der Waals surface area contributed by atoms with Crippen molar-refractivity contribution in [1.29, 1.82) is 0 Å². The number of aromatic nitrogens is 1. The second-order valence-electron chi connectivity index (χ2n) is 9.63. The average Bonchev–Trinajstić information content (AvgIpc) is 3.30. The molecule has 1 aromatic heterocycles. The van der Waals surface area contributed by atoms with Gasteiger partial charge in [0.15, 0.2) is 0 Å². The van der Waals surface area contributed by atoms with Gasteiger partial charge in [-0.1, -0.05) is 79.7 Å². The molecule has 0 aliphatic heterocycles. The number of anilines is 1. The Kier molecular flexibility index (Phi) is 6.24. The maximum atomic E-state index is 2.44. The molecule has 37 heavy (non-hydrogen) atoms. The van der Waals surface area contributed by atoms with Crippen LogP contribution in [0.15, 0.2) is 121 Å². The molecular formula is C35H32N2. The molecule has 182 valence electrons. The fraction of sp³-hybridized carbons (Fsp3) is 0.143. The van der Waals surface area contributed by atoms with Crippen LogP contribution in [-0.4, -0.2) is 17.7 Å². The maximum absolute atomic E-state index is 2.44. The van der Waals surface area contributed by atoms with Gasteiger partial charge in [-0.15, -0.1) is 0 Å². The van der Waals surface area contributed by atoms with Gasteiger partial charge in [0.1, 0.15) is 0 Å². The summed E-state index contributed by atoms with van der Waals surface area (Å²) in [6, 6.07) is 44.1. The molecule has 0 fully saturated rings. The van der Waals surface area contributed by atoms with Crippen LogP contribution in [0.25, 0.3) is 49.7 Å². The molecule has 0 atom stereocenters. The van der Waals surface area contributed by atoms with Crippen LogP contribution < -0.4 is 4.90 Å². The topological polar surface area (TPSA) is 8.17 Å². The van der Waals surface area contributed by atoms with E-state index >= 15 is 0 Å². The number of rotatable bonds is 7. The van der Waals surface area contributed by atoms with Gasteiger partial charge in [-0.25, -0.2) is 0 Å². The minimum Gasteiger partial charge on any atom is -0.372 e. The number of nitrogens with zero attached hydrogens (tertiary/aromatic N) is 2. The molecule has 0 N–H and O–H groups in total. The van der Waals surface area contributed by atoms with E-state index in [4.69, 9.17) is 0 Å². The lowest BCUT2D eigenvalue weighted by molar-refractivity contribution is 0.792. The molecule has 0 unspecified atom stereocenters. The predicted molar refractivity (Wildman–Crippen MR) is 160 cm³/mol. The van der Waals surface area contributed by atoms with Crippen molar-refractivity contribution in [3.63, 3.8) is 0 Å². The van der Waals surface area contributed by atoms with Gasteiger partial charge in [-0.05, 0) is 84.1 Å². The molecule has 2 heteroatoms. The Bertz CT molecular complexity index is 1550. The largest absolute Gasteiger partial charge is 0.372 e. The monoisotopic (exact) mass is 480 g/mol. The van der Waals surface area contributed by atoms with E-state index < -0.39 is 0 Å². The highest BCUT2D eigenvalue weighted by Crippen LogP contribution is 2.37. The van der Waals surface area contributed by atoms with E-state index in [0.29, 0.717) is 0 Å². The summed E-state index contributed by atoms with van der Waals surface area (Å²) >= 11 is 0. The van der Waals surface area contributed by atoms with Gasteiger partial charge in [0.25, 0.3) is 0 Å². The van der Waals surface area contributed by atoms with Gasteiger partial charge in [-0.2, -0.15) is 0 Å². The van der Waals surface area contributed by atoms with Crippen molar-refractivity contribution in [2.75, 3.05) is 18.0 Å². The normalized spacial score (nSPS) is 11.3. The van der Waals surface area contributed by atoms with Crippen molar-refractivity contribution < 1.29 is 0 Å². The Hall–Kier alpha value is -4.30. The molecule has 0 aliphatic carbocycles. The highest BCUT2D eigenvalue weighted by molar-refractivity contribution is 6.11. The van der Waals surface area contributed by atoms with Gasteiger partial charge < -0.3 is 9.47 Å². The van der Waals surface area contributed by atoms with Crippen molar-refractivity contribution in [2.24, 2.45) is 0 Å². The summed E-state index contributed by atoms with van der Waals surface area (Å²) in [4.78, 5) is 2.44. The fourth-order valence-corrected chi connectivity index (χ4v) is 5.47. The summed E-state index contributed by atoms with van der Waals surface area (Å²) in [5.41, 5.74) is 9.90. The minimum absolute atomic E-state index is 1.02. The zero-order valence-corrected chi connectivity index (χ0v) is 21.6. The quantitative estimate of drug-likeness (QED) is 0.221. The van der Waals surface area contributed by atoms with Crippen LogP contribution in [0.2, 0.25) is 0 Å². The minimum atomic E-state index is 1.02. The molecule has 0 spiro atoms. The van der Waals surface area contributed by atoms with Crippen LogP contribution in [0.5, 0.6) is 0 Å². The number of hydrogen-bond donors (Lipinski definition) is 0. The van der Waals surface area contributed by atoms with Crippen LogP contribution in [0.4, 0.5) is 5.69 Å². The van der Waals surface area contributed by atoms with Crippen molar-refractivity contribution >= 4 is 27.5 Å². The molecule has 0 saturated carbocycles. The second kappa shape index (κ2) is 9.99. The smallest absolute Gasteiger partial charge is 0.0541 e. The maximum Gasteiger partial charge on any atom is 0.0541 e. The predicted octanol–water partition coefficient (Wildman–Crippen LogP) is 9.35. The Balaban J connectivity index is 1.56. The molecule has 5 aromatic carbocycles. The fourth-order valence-electron chi connectivity index (χ4n) is 5.47. The highest BCUT2D eigenvalue weighted by Gasteiger charge is 2.15. The third-order valence-corrected chi connectivity index (χ3v) is 7.33. The van der Waals surface area contributed by atoms with Crippen LogP contribution in [0.1, 0.15) is 20.3 Å².